The number of guanidine groups is 1. The molecule has 186 valence electrons. The van der Waals surface area contributed by atoms with Crippen LogP contribution in [0, 0.1) is 17.8 Å². The number of carbonyl (C=O) groups excluding carboxylic acids is 2. The third-order valence-corrected chi connectivity index (χ3v) is 8.45. The van der Waals surface area contributed by atoms with Crippen molar-refractivity contribution in [2.45, 2.75) is 89.0 Å². The Kier molecular flexibility index (Phi) is 7.95. The van der Waals surface area contributed by atoms with E-state index in [4.69, 9.17) is 15.5 Å². The lowest BCUT2D eigenvalue weighted by atomic mass is 9.71. The van der Waals surface area contributed by atoms with E-state index in [1.807, 2.05) is 24.3 Å². The zero-order valence-electron chi connectivity index (χ0n) is 20.9. The van der Waals surface area contributed by atoms with Gasteiger partial charge in [-0.1, -0.05) is 57.1 Å². The number of Topliss-reactive ketones (excluding diaryl/α,β-unsaturated/α-hetero) is 1. The van der Waals surface area contributed by atoms with Crippen LogP contribution in [0.4, 0.5) is 0 Å². The number of hydrogen-bond acceptors (Lipinski definition) is 5. The lowest BCUT2D eigenvalue weighted by Gasteiger charge is -2.35. The van der Waals surface area contributed by atoms with Crippen molar-refractivity contribution in [3.63, 3.8) is 0 Å². The molecule has 2 saturated carbocycles. The fourth-order valence-corrected chi connectivity index (χ4v) is 6.50. The van der Waals surface area contributed by atoms with Gasteiger partial charge in [-0.05, 0) is 62.0 Å². The molecule has 4 rings (SSSR count). The molecule has 6 nitrogen and oxygen atoms in total. The first kappa shape index (κ1) is 24.7. The summed E-state index contributed by atoms with van der Waals surface area (Å²) in [6, 6.07) is 7.43. The molecule has 3 aliphatic rings. The summed E-state index contributed by atoms with van der Waals surface area (Å²) in [5.41, 5.74) is 6.15. The molecule has 0 aromatic heterocycles. The maximum absolute atomic E-state index is 13.4. The first-order valence-corrected chi connectivity index (χ1v) is 13.2. The predicted molar refractivity (Wildman–Crippen MR) is 135 cm³/mol. The van der Waals surface area contributed by atoms with Crippen molar-refractivity contribution in [1.29, 1.82) is 0 Å². The summed E-state index contributed by atoms with van der Waals surface area (Å²) in [6.45, 7) is 0. The number of hydrogen-bond donors (Lipinski definition) is 1. The van der Waals surface area contributed by atoms with E-state index in [9.17, 15) is 9.59 Å². The molecule has 1 aromatic carbocycles. The van der Waals surface area contributed by atoms with Gasteiger partial charge in [0.2, 0.25) is 0 Å². The third kappa shape index (κ3) is 5.64. The SMILES string of the molecule is COc1cccc(C(=O)C[C@@H]2CCC[C@H](C[C@@]3(CCC4CCCCC4)N=C(N)N(C)C3=O)C2)c1. The number of benzene rings is 1. The average Bonchev–Trinajstić information content (AvgIpc) is 3.07. The van der Waals surface area contributed by atoms with E-state index in [-0.39, 0.29) is 11.7 Å². The quantitative estimate of drug-likeness (QED) is 0.496. The Morgan fingerprint density at radius 3 is 2.56 bits per heavy atom. The van der Waals surface area contributed by atoms with Gasteiger partial charge in [-0.25, -0.2) is 4.99 Å². The van der Waals surface area contributed by atoms with Gasteiger partial charge in [0.15, 0.2) is 11.7 Å². The van der Waals surface area contributed by atoms with Crippen molar-refractivity contribution in [1.82, 2.24) is 4.90 Å². The van der Waals surface area contributed by atoms with Gasteiger partial charge >= 0.3 is 0 Å². The van der Waals surface area contributed by atoms with Gasteiger partial charge in [-0.2, -0.15) is 0 Å². The maximum atomic E-state index is 13.4. The number of aliphatic imine (C=N–C) groups is 1. The molecule has 0 saturated heterocycles. The molecule has 1 amide bonds. The summed E-state index contributed by atoms with van der Waals surface area (Å²) in [6.07, 6.45) is 13.9. The summed E-state index contributed by atoms with van der Waals surface area (Å²) in [5.74, 6) is 2.77. The maximum Gasteiger partial charge on any atom is 0.257 e. The number of rotatable bonds is 9. The minimum Gasteiger partial charge on any atom is -0.497 e. The summed E-state index contributed by atoms with van der Waals surface area (Å²) < 4.78 is 5.28. The van der Waals surface area contributed by atoms with E-state index in [2.05, 4.69) is 0 Å². The topological polar surface area (TPSA) is 85.0 Å². The van der Waals surface area contributed by atoms with E-state index in [0.717, 1.165) is 50.5 Å². The smallest absolute Gasteiger partial charge is 0.257 e. The highest BCUT2D eigenvalue weighted by Gasteiger charge is 2.48. The van der Waals surface area contributed by atoms with E-state index in [1.54, 1.807) is 19.1 Å². The molecule has 1 aromatic rings. The van der Waals surface area contributed by atoms with Crippen LogP contribution in [-0.4, -0.2) is 42.2 Å². The molecule has 2 fully saturated rings. The average molecular weight is 468 g/mol. The molecule has 0 radical (unpaired) electrons. The summed E-state index contributed by atoms with van der Waals surface area (Å²) in [5, 5.41) is 0. The molecule has 1 heterocycles. The number of carbonyl (C=O) groups is 2. The molecule has 0 spiro atoms. The standard InChI is InChI=1S/C28H41N3O3/c1-31-26(33)28(30-27(31)29,15-14-20-8-4-3-5-9-20)19-22-11-6-10-21(16-22)17-25(32)23-12-7-13-24(18-23)34-2/h7,12-13,18,20-22H,3-6,8-11,14-17,19H2,1-2H3,(H2,29,30)/t21-,22+,28-/m1/s1. The van der Waals surface area contributed by atoms with Crippen LogP contribution in [0.2, 0.25) is 0 Å². The van der Waals surface area contributed by atoms with Crippen LogP contribution in [-0.2, 0) is 4.79 Å². The van der Waals surface area contributed by atoms with E-state index >= 15 is 0 Å². The van der Waals surface area contributed by atoms with Crippen molar-refractivity contribution >= 4 is 17.6 Å². The lowest BCUT2D eigenvalue weighted by Crippen LogP contribution is -2.44. The number of amides is 1. The van der Waals surface area contributed by atoms with Crippen molar-refractivity contribution in [3.8, 4) is 5.75 Å². The highest BCUT2D eigenvalue weighted by atomic mass is 16.5. The summed E-state index contributed by atoms with van der Waals surface area (Å²) >= 11 is 0. The van der Waals surface area contributed by atoms with Crippen LogP contribution in [0.25, 0.3) is 0 Å². The fourth-order valence-electron chi connectivity index (χ4n) is 6.50. The highest BCUT2D eigenvalue weighted by Crippen LogP contribution is 2.42. The molecular formula is C28H41N3O3. The van der Waals surface area contributed by atoms with Gasteiger partial charge < -0.3 is 10.5 Å². The van der Waals surface area contributed by atoms with Crippen LogP contribution in [0.5, 0.6) is 5.75 Å². The lowest BCUT2D eigenvalue weighted by molar-refractivity contribution is -0.131. The molecule has 2 N–H and O–H groups in total. The van der Waals surface area contributed by atoms with Gasteiger partial charge in [-0.3, -0.25) is 14.5 Å². The number of ether oxygens (including phenoxy) is 1. The van der Waals surface area contributed by atoms with Crippen LogP contribution in [0.15, 0.2) is 29.3 Å². The zero-order valence-corrected chi connectivity index (χ0v) is 20.9. The van der Waals surface area contributed by atoms with Gasteiger partial charge in [0.25, 0.3) is 5.91 Å². The monoisotopic (exact) mass is 467 g/mol. The fraction of sp³-hybridized carbons (Fsp3) is 0.679. The second-order valence-electron chi connectivity index (χ2n) is 10.9. The Labute approximate surface area is 204 Å². The minimum absolute atomic E-state index is 0.0652. The molecule has 34 heavy (non-hydrogen) atoms. The Hall–Kier alpha value is -2.37. The Morgan fingerprint density at radius 2 is 1.85 bits per heavy atom. The van der Waals surface area contributed by atoms with Gasteiger partial charge in [-0.15, -0.1) is 0 Å². The molecule has 0 bridgehead atoms. The Morgan fingerprint density at radius 1 is 1.12 bits per heavy atom. The first-order valence-electron chi connectivity index (χ1n) is 13.2. The summed E-state index contributed by atoms with van der Waals surface area (Å²) in [4.78, 5) is 32.7. The van der Waals surface area contributed by atoms with Crippen molar-refractivity contribution in [2.24, 2.45) is 28.5 Å². The largest absolute Gasteiger partial charge is 0.497 e. The van der Waals surface area contributed by atoms with Crippen LogP contribution >= 0.6 is 0 Å². The molecule has 2 aliphatic carbocycles. The zero-order chi connectivity index (χ0) is 24.1. The summed E-state index contributed by atoms with van der Waals surface area (Å²) in [7, 11) is 3.37. The van der Waals surface area contributed by atoms with Crippen molar-refractivity contribution in [3.05, 3.63) is 29.8 Å². The van der Waals surface area contributed by atoms with Crippen LogP contribution in [0.3, 0.4) is 0 Å². The second-order valence-corrected chi connectivity index (χ2v) is 10.9. The highest BCUT2D eigenvalue weighted by molar-refractivity contribution is 6.06. The molecule has 0 unspecified atom stereocenters. The first-order chi connectivity index (χ1) is 16.4. The molecule has 6 heteroatoms. The van der Waals surface area contributed by atoms with Crippen molar-refractivity contribution in [2.75, 3.05) is 14.2 Å². The number of ketones is 1. The van der Waals surface area contributed by atoms with E-state index < -0.39 is 5.54 Å². The van der Waals surface area contributed by atoms with Gasteiger partial charge in [0, 0.05) is 19.0 Å². The number of nitrogens with zero attached hydrogens (tertiary/aromatic N) is 2. The van der Waals surface area contributed by atoms with Crippen molar-refractivity contribution < 1.29 is 14.3 Å². The Balaban J connectivity index is 1.41. The van der Waals surface area contributed by atoms with E-state index in [1.165, 1.54) is 32.1 Å². The predicted octanol–water partition coefficient (Wildman–Crippen LogP) is 5.35. The third-order valence-electron chi connectivity index (χ3n) is 8.45. The molecular weight excluding hydrogens is 426 g/mol. The normalized spacial score (nSPS) is 28.1. The number of likely N-dealkylation sites (N-methyl/N-ethyl adjacent to an activating group) is 1. The van der Waals surface area contributed by atoms with Crippen LogP contribution < -0.4 is 10.5 Å². The van der Waals surface area contributed by atoms with E-state index in [0.29, 0.717) is 35.9 Å². The molecule has 1 aliphatic heterocycles. The number of methoxy groups -OCH3 is 1. The van der Waals surface area contributed by atoms with Gasteiger partial charge in [0.05, 0.1) is 7.11 Å². The second kappa shape index (κ2) is 10.9. The Bertz CT molecular complexity index is 908. The number of nitrogens with two attached hydrogens (primary N) is 1. The minimum atomic E-state index is -0.709. The van der Waals surface area contributed by atoms with Gasteiger partial charge in [0.1, 0.15) is 11.3 Å². The molecule has 3 atom stereocenters. The van der Waals surface area contributed by atoms with Crippen LogP contribution in [0.1, 0.15) is 93.8 Å².